The van der Waals surface area contributed by atoms with Gasteiger partial charge in [0.1, 0.15) is 0 Å². The van der Waals surface area contributed by atoms with Crippen molar-refractivity contribution in [1.29, 1.82) is 0 Å². The van der Waals surface area contributed by atoms with Gasteiger partial charge in [0.2, 0.25) is 12.7 Å². The highest BCUT2D eigenvalue weighted by molar-refractivity contribution is 7.16. The Bertz CT molecular complexity index is 1140. The van der Waals surface area contributed by atoms with Crippen LogP contribution in [0.3, 0.4) is 0 Å². The molecule has 2 amide bonds. The largest absolute Gasteiger partial charge is 0.454 e. The minimum atomic E-state index is -0.298. The second-order valence-electron chi connectivity index (χ2n) is 7.58. The lowest BCUT2D eigenvalue weighted by atomic mass is 10.0. The maximum atomic E-state index is 12.9. The highest BCUT2D eigenvalue weighted by atomic mass is 32.1. The quantitative estimate of drug-likeness (QED) is 0.632. The molecular weight excluding hydrogens is 414 g/mol. The van der Waals surface area contributed by atoms with Crippen LogP contribution in [-0.2, 0) is 11.2 Å². The van der Waals surface area contributed by atoms with Crippen LogP contribution in [0.2, 0.25) is 0 Å². The smallest absolute Gasteiger partial charge is 0.257 e. The van der Waals surface area contributed by atoms with Crippen LogP contribution >= 0.6 is 11.3 Å². The number of carbonyl (C=O) groups excluding carboxylic acids is 2. The Morgan fingerprint density at radius 2 is 1.94 bits per heavy atom. The van der Waals surface area contributed by atoms with Crippen LogP contribution in [0.25, 0.3) is 0 Å². The Morgan fingerprint density at radius 1 is 1.13 bits per heavy atom. The number of amides is 2. The average molecular weight is 436 g/mol. The molecule has 3 aromatic rings. The van der Waals surface area contributed by atoms with Gasteiger partial charge in [-0.15, -0.1) is 11.3 Å². The van der Waals surface area contributed by atoms with E-state index in [1.165, 1.54) is 11.3 Å². The number of aromatic nitrogens is 1. The molecule has 1 aliphatic heterocycles. The van der Waals surface area contributed by atoms with Gasteiger partial charge in [-0.3, -0.25) is 14.9 Å². The predicted octanol–water partition coefficient (Wildman–Crippen LogP) is 4.03. The van der Waals surface area contributed by atoms with Gasteiger partial charge in [-0.1, -0.05) is 30.3 Å². The highest BCUT2D eigenvalue weighted by Crippen LogP contribution is 2.39. The van der Waals surface area contributed by atoms with E-state index in [0.717, 1.165) is 29.0 Å². The summed E-state index contributed by atoms with van der Waals surface area (Å²) >= 11 is 1.43. The molecule has 158 valence electrons. The van der Waals surface area contributed by atoms with Crippen molar-refractivity contribution < 1.29 is 19.1 Å². The fraction of sp³-hybridized carbons (Fsp3) is 0.261. The fourth-order valence-electron chi connectivity index (χ4n) is 3.88. The lowest BCUT2D eigenvalue weighted by Crippen LogP contribution is -2.31. The number of benzene rings is 2. The third-order valence-corrected chi connectivity index (χ3v) is 6.59. The number of anilines is 1. The molecule has 1 aromatic heterocycles. The number of fused-ring (bicyclic) bond motifs is 2. The molecule has 0 unspecified atom stereocenters. The van der Waals surface area contributed by atoms with Crippen LogP contribution in [0, 0.1) is 0 Å². The molecule has 0 radical (unpaired) electrons. The summed E-state index contributed by atoms with van der Waals surface area (Å²) < 4.78 is 10.6. The Hall–Kier alpha value is -3.39. The van der Waals surface area contributed by atoms with Gasteiger partial charge < -0.3 is 14.8 Å². The van der Waals surface area contributed by atoms with Gasteiger partial charge in [0.25, 0.3) is 5.91 Å². The Kier molecular flexibility index (Phi) is 5.07. The van der Waals surface area contributed by atoms with E-state index in [2.05, 4.69) is 15.6 Å². The zero-order chi connectivity index (χ0) is 21.4. The number of hydrogen-bond donors (Lipinski definition) is 2. The Morgan fingerprint density at radius 3 is 2.77 bits per heavy atom. The SMILES string of the molecule is C[C@@H](NC(=O)[C@@H]1CCc2sc(NC(=O)c3ccc4c(c3)OCO4)nc21)c1ccccc1. The third-order valence-electron chi connectivity index (χ3n) is 5.55. The first-order valence-electron chi connectivity index (χ1n) is 10.1. The number of nitrogens with one attached hydrogen (secondary N) is 2. The zero-order valence-electron chi connectivity index (χ0n) is 16.9. The van der Waals surface area contributed by atoms with Crippen LogP contribution in [0.1, 0.15) is 51.8 Å². The van der Waals surface area contributed by atoms with Crippen LogP contribution < -0.4 is 20.1 Å². The summed E-state index contributed by atoms with van der Waals surface area (Å²) in [6.07, 6.45) is 1.52. The number of rotatable bonds is 5. The van der Waals surface area contributed by atoms with Crippen molar-refractivity contribution >= 4 is 28.3 Å². The van der Waals surface area contributed by atoms with Crippen LogP contribution in [0.4, 0.5) is 5.13 Å². The van der Waals surface area contributed by atoms with E-state index in [4.69, 9.17) is 9.47 Å². The van der Waals surface area contributed by atoms with Crippen LogP contribution in [0.5, 0.6) is 11.5 Å². The van der Waals surface area contributed by atoms with Gasteiger partial charge in [-0.05, 0) is 43.5 Å². The molecule has 2 aromatic carbocycles. The van der Waals surface area contributed by atoms with Crippen LogP contribution in [0.15, 0.2) is 48.5 Å². The molecule has 0 fully saturated rings. The molecule has 2 atom stereocenters. The minimum Gasteiger partial charge on any atom is -0.454 e. The normalized spacial score (nSPS) is 17.1. The number of hydrogen-bond acceptors (Lipinski definition) is 6. The second kappa shape index (κ2) is 8.03. The topological polar surface area (TPSA) is 89.6 Å². The molecule has 0 spiro atoms. The minimum absolute atomic E-state index is 0.0333. The average Bonchev–Trinajstić information content (AvgIpc) is 3.49. The maximum absolute atomic E-state index is 12.9. The summed E-state index contributed by atoms with van der Waals surface area (Å²) in [6.45, 7) is 2.13. The van der Waals surface area contributed by atoms with E-state index in [-0.39, 0.29) is 30.6 Å². The summed E-state index contributed by atoms with van der Waals surface area (Å²) in [7, 11) is 0. The number of thiazole rings is 1. The van der Waals surface area contributed by atoms with E-state index in [1.807, 2.05) is 37.3 Å². The van der Waals surface area contributed by atoms with Gasteiger partial charge in [0, 0.05) is 10.4 Å². The molecule has 2 N–H and O–H groups in total. The molecule has 31 heavy (non-hydrogen) atoms. The van der Waals surface area contributed by atoms with Gasteiger partial charge in [-0.2, -0.15) is 0 Å². The lowest BCUT2D eigenvalue weighted by molar-refractivity contribution is -0.123. The summed E-state index contributed by atoms with van der Waals surface area (Å²) in [5.41, 5.74) is 2.29. The summed E-state index contributed by atoms with van der Waals surface area (Å²) in [4.78, 5) is 31.2. The number of nitrogens with zero attached hydrogens (tertiary/aromatic N) is 1. The monoisotopic (exact) mass is 435 g/mol. The Balaban J connectivity index is 1.27. The Labute approximate surface area is 183 Å². The second-order valence-corrected chi connectivity index (χ2v) is 8.67. The molecule has 7 nitrogen and oxygen atoms in total. The van der Waals surface area contributed by atoms with Gasteiger partial charge >= 0.3 is 0 Å². The molecule has 1 aliphatic carbocycles. The van der Waals surface area contributed by atoms with E-state index in [1.54, 1.807) is 18.2 Å². The van der Waals surface area contributed by atoms with Crippen molar-refractivity contribution in [2.24, 2.45) is 0 Å². The van der Waals surface area contributed by atoms with E-state index >= 15 is 0 Å². The first kappa shape index (κ1) is 19.6. The fourth-order valence-corrected chi connectivity index (χ4v) is 4.92. The molecule has 0 saturated heterocycles. The van der Waals surface area contributed by atoms with Crippen molar-refractivity contribution in [2.75, 3.05) is 12.1 Å². The highest BCUT2D eigenvalue weighted by Gasteiger charge is 2.33. The number of ether oxygens (including phenoxy) is 2. The van der Waals surface area contributed by atoms with E-state index < -0.39 is 0 Å². The molecule has 8 heteroatoms. The summed E-state index contributed by atoms with van der Waals surface area (Å²) in [5.74, 6) is 0.578. The molecule has 5 rings (SSSR count). The van der Waals surface area contributed by atoms with Gasteiger partial charge in [0.15, 0.2) is 16.6 Å². The van der Waals surface area contributed by atoms with Crippen molar-refractivity contribution in [1.82, 2.24) is 10.3 Å². The number of aryl methyl sites for hydroxylation is 1. The van der Waals surface area contributed by atoms with Crippen molar-refractivity contribution in [3.8, 4) is 11.5 Å². The zero-order valence-corrected chi connectivity index (χ0v) is 17.7. The summed E-state index contributed by atoms with van der Waals surface area (Å²) in [6, 6.07) is 14.8. The first-order valence-corrected chi connectivity index (χ1v) is 11.0. The van der Waals surface area contributed by atoms with Gasteiger partial charge in [-0.25, -0.2) is 4.98 Å². The van der Waals surface area contributed by atoms with Crippen molar-refractivity contribution in [3.63, 3.8) is 0 Å². The molecule has 0 bridgehead atoms. The first-order chi connectivity index (χ1) is 15.1. The maximum Gasteiger partial charge on any atom is 0.257 e. The standard InChI is InChI=1S/C23H21N3O4S/c1-13(14-5-3-2-4-6-14)24-22(28)16-8-10-19-20(16)25-23(31-19)26-21(27)15-7-9-17-18(11-15)30-12-29-17/h2-7,9,11,13,16H,8,10,12H2,1H3,(H,24,28)(H,25,26,27)/t13-,16-/m1/s1. The lowest BCUT2D eigenvalue weighted by Gasteiger charge is -2.17. The third kappa shape index (κ3) is 3.86. The molecule has 2 aliphatic rings. The number of carbonyl (C=O) groups is 2. The van der Waals surface area contributed by atoms with Crippen molar-refractivity contribution in [2.45, 2.75) is 31.7 Å². The van der Waals surface area contributed by atoms with E-state index in [9.17, 15) is 9.59 Å². The van der Waals surface area contributed by atoms with Gasteiger partial charge in [0.05, 0.1) is 17.7 Å². The van der Waals surface area contributed by atoms with Crippen LogP contribution in [-0.4, -0.2) is 23.6 Å². The predicted molar refractivity (Wildman–Crippen MR) is 117 cm³/mol. The van der Waals surface area contributed by atoms with E-state index in [0.29, 0.717) is 22.2 Å². The van der Waals surface area contributed by atoms with Crippen molar-refractivity contribution in [3.05, 3.63) is 70.2 Å². The molecule has 0 saturated carbocycles. The summed E-state index contributed by atoms with van der Waals surface area (Å²) in [5, 5.41) is 6.44. The molecule has 2 heterocycles. The molecular formula is C23H21N3O4S.